The molecular formula is C11H11N3O3. The van der Waals surface area contributed by atoms with Crippen LogP contribution in [-0.2, 0) is 4.79 Å². The maximum absolute atomic E-state index is 11.7. The molecule has 0 fully saturated rings. The molecule has 3 N–H and O–H groups in total. The van der Waals surface area contributed by atoms with E-state index in [1.807, 2.05) is 12.1 Å². The number of aliphatic carboxylic acids is 1. The van der Waals surface area contributed by atoms with Crippen LogP contribution in [0.5, 0.6) is 0 Å². The summed E-state index contributed by atoms with van der Waals surface area (Å²) in [7, 11) is 0. The van der Waals surface area contributed by atoms with Crippen LogP contribution in [0.15, 0.2) is 24.3 Å². The summed E-state index contributed by atoms with van der Waals surface area (Å²) in [5.41, 5.74) is 1.40. The lowest BCUT2D eigenvalue weighted by Crippen LogP contribution is -2.38. The Balaban J connectivity index is 2.22. The number of aromatic nitrogens is 2. The number of amides is 1. The summed E-state index contributed by atoms with van der Waals surface area (Å²) in [6.07, 6.45) is 0. The molecule has 0 radical (unpaired) electrons. The van der Waals surface area contributed by atoms with Crippen LogP contribution in [-0.4, -0.2) is 33.0 Å². The summed E-state index contributed by atoms with van der Waals surface area (Å²) in [4.78, 5) is 29.1. The molecule has 6 heteroatoms. The number of nitrogens with one attached hydrogen (secondary N) is 2. The van der Waals surface area contributed by atoms with Crippen molar-refractivity contribution in [3.8, 4) is 0 Å². The highest BCUT2D eigenvalue weighted by molar-refractivity contribution is 5.96. The molecule has 1 amide bonds. The summed E-state index contributed by atoms with van der Waals surface area (Å²) in [6, 6.07) is 6.24. The second kappa shape index (κ2) is 4.25. The number of nitrogens with zero attached hydrogens (tertiary/aromatic N) is 1. The van der Waals surface area contributed by atoms with E-state index in [1.54, 1.807) is 12.1 Å². The van der Waals surface area contributed by atoms with Crippen LogP contribution in [0.1, 0.15) is 17.5 Å². The van der Waals surface area contributed by atoms with Crippen molar-refractivity contribution in [3.05, 3.63) is 30.1 Å². The Morgan fingerprint density at radius 2 is 2.12 bits per heavy atom. The largest absolute Gasteiger partial charge is 0.480 e. The topological polar surface area (TPSA) is 95.1 Å². The van der Waals surface area contributed by atoms with Gasteiger partial charge in [-0.05, 0) is 19.1 Å². The zero-order valence-electron chi connectivity index (χ0n) is 9.10. The van der Waals surface area contributed by atoms with Gasteiger partial charge >= 0.3 is 5.97 Å². The fourth-order valence-corrected chi connectivity index (χ4v) is 1.39. The molecule has 0 aliphatic heterocycles. The molecule has 0 saturated carbocycles. The Hall–Kier alpha value is -2.37. The number of hydrogen-bond donors (Lipinski definition) is 3. The SMILES string of the molecule is C[C@H](NC(=O)c1nc2ccccc2[nH]1)C(=O)O. The molecular weight excluding hydrogens is 222 g/mol. The van der Waals surface area contributed by atoms with Gasteiger partial charge in [-0.15, -0.1) is 0 Å². The highest BCUT2D eigenvalue weighted by Gasteiger charge is 2.17. The number of carboxylic acids is 1. The van der Waals surface area contributed by atoms with Crippen molar-refractivity contribution in [2.24, 2.45) is 0 Å². The first-order chi connectivity index (χ1) is 8.08. The highest BCUT2D eigenvalue weighted by atomic mass is 16.4. The number of fused-ring (bicyclic) bond motifs is 1. The number of imidazole rings is 1. The van der Waals surface area contributed by atoms with E-state index in [0.29, 0.717) is 5.52 Å². The Bertz CT molecular complexity index is 543. The minimum absolute atomic E-state index is 0.110. The van der Waals surface area contributed by atoms with E-state index in [-0.39, 0.29) is 5.82 Å². The zero-order chi connectivity index (χ0) is 12.4. The standard InChI is InChI=1S/C11H11N3O3/c1-6(11(16)17)12-10(15)9-13-7-4-2-3-5-8(7)14-9/h2-6H,1H3,(H,12,15)(H,13,14)(H,16,17)/t6-/m0/s1. The molecule has 1 atom stereocenters. The summed E-state index contributed by atoms with van der Waals surface area (Å²) in [6.45, 7) is 1.39. The number of benzene rings is 1. The molecule has 2 rings (SSSR count). The minimum Gasteiger partial charge on any atom is -0.480 e. The lowest BCUT2D eigenvalue weighted by molar-refractivity contribution is -0.138. The van der Waals surface area contributed by atoms with Crippen LogP contribution in [0.25, 0.3) is 11.0 Å². The van der Waals surface area contributed by atoms with Crippen LogP contribution in [0, 0.1) is 0 Å². The predicted octanol–water partition coefficient (Wildman–Crippen LogP) is 0.766. The van der Waals surface area contributed by atoms with Gasteiger partial charge in [0.05, 0.1) is 11.0 Å². The molecule has 2 aromatic rings. The first-order valence-corrected chi connectivity index (χ1v) is 5.06. The maximum atomic E-state index is 11.7. The van der Waals surface area contributed by atoms with Gasteiger partial charge in [0.15, 0.2) is 5.82 Å². The normalized spacial score (nSPS) is 12.3. The fraction of sp³-hybridized carbons (Fsp3) is 0.182. The number of carboxylic acid groups (broad SMARTS) is 1. The number of H-pyrrole nitrogens is 1. The van der Waals surface area contributed by atoms with Crippen molar-refractivity contribution in [3.63, 3.8) is 0 Å². The van der Waals surface area contributed by atoms with Crippen LogP contribution >= 0.6 is 0 Å². The van der Waals surface area contributed by atoms with E-state index < -0.39 is 17.9 Å². The molecule has 0 bridgehead atoms. The molecule has 88 valence electrons. The average molecular weight is 233 g/mol. The van der Waals surface area contributed by atoms with Crippen molar-refractivity contribution in [1.82, 2.24) is 15.3 Å². The van der Waals surface area contributed by atoms with Crippen molar-refractivity contribution in [1.29, 1.82) is 0 Å². The predicted molar refractivity (Wildman–Crippen MR) is 60.7 cm³/mol. The summed E-state index contributed by atoms with van der Waals surface area (Å²) >= 11 is 0. The number of rotatable bonds is 3. The van der Waals surface area contributed by atoms with E-state index >= 15 is 0 Å². The van der Waals surface area contributed by atoms with Gasteiger partial charge in [0.25, 0.3) is 5.91 Å². The number of para-hydroxylation sites is 2. The molecule has 6 nitrogen and oxygen atoms in total. The lowest BCUT2D eigenvalue weighted by atomic mass is 10.3. The highest BCUT2D eigenvalue weighted by Crippen LogP contribution is 2.10. The van der Waals surface area contributed by atoms with Crippen LogP contribution in [0.4, 0.5) is 0 Å². The lowest BCUT2D eigenvalue weighted by Gasteiger charge is -2.06. The Morgan fingerprint density at radius 3 is 2.76 bits per heavy atom. The first-order valence-electron chi connectivity index (χ1n) is 5.06. The number of aromatic amines is 1. The average Bonchev–Trinajstić information content (AvgIpc) is 2.72. The number of carbonyl (C=O) groups excluding carboxylic acids is 1. The van der Waals surface area contributed by atoms with Gasteiger partial charge in [-0.1, -0.05) is 12.1 Å². The molecule has 0 unspecified atom stereocenters. The third-order valence-corrected chi connectivity index (χ3v) is 2.32. The summed E-state index contributed by atoms with van der Waals surface area (Å²) in [5, 5.41) is 11.0. The maximum Gasteiger partial charge on any atom is 0.325 e. The van der Waals surface area contributed by atoms with Crippen LogP contribution in [0.3, 0.4) is 0 Å². The molecule has 0 aliphatic carbocycles. The Kier molecular flexibility index (Phi) is 2.78. The molecule has 0 aliphatic rings. The number of carbonyl (C=O) groups is 2. The molecule has 1 aromatic heterocycles. The van der Waals surface area contributed by atoms with Crippen LogP contribution in [0.2, 0.25) is 0 Å². The molecule has 0 saturated heterocycles. The Labute approximate surface area is 96.7 Å². The molecule has 0 spiro atoms. The van der Waals surface area contributed by atoms with Gasteiger partial charge in [0.2, 0.25) is 0 Å². The molecule has 17 heavy (non-hydrogen) atoms. The van der Waals surface area contributed by atoms with Gasteiger partial charge in [-0.3, -0.25) is 9.59 Å². The van der Waals surface area contributed by atoms with Crippen molar-refractivity contribution < 1.29 is 14.7 Å². The van der Waals surface area contributed by atoms with Crippen molar-refractivity contribution in [2.45, 2.75) is 13.0 Å². The van der Waals surface area contributed by atoms with Crippen molar-refractivity contribution in [2.75, 3.05) is 0 Å². The van der Waals surface area contributed by atoms with Gasteiger partial charge in [0, 0.05) is 0 Å². The van der Waals surface area contributed by atoms with Gasteiger partial charge in [-0.25, -0.2) is 4.98 Å². The van der Waals surface area contributed by atoms with Gasteiger partial charge in [0.1, 0.15) is 6.04 Å². The summed E-state index contributed by atoms with van der Waals surface area (Å²) in [5.74, 6) is -1.51. The smallest absolute Gasteiger partial charge is 0.325 e. The van der Waals surface area contributed by atoms with E-state index in [9.17, 15) is 9.59 Å². The fourth-order valence-electron chi connectivity index (χ4n) is 1.39. The van der Waals surface area contributed by atoms with E-state index in [0.717, 1.165) is 5.52 Å². The number of hydrogen-bond acceptors (Lipinski definition) is 3. The van der Waals surface area contributed by atoms with Crippen molar-refractivity contribution >= 4 is 22.9 Å². The first kappa shape index (κ1) is 11.1. The monoisotopic (exact) mass is 233 g/mol. The molecule has 1 heterocycles. The minimum atomic E-state index is -1.09. The second-order valence-electron chi connectivity index (χ2n) is 3.64. The summed E-state index contributed by atoms with van der Waals surface area (Å²) < 4.78 is 0. The third kappa shape index (κ3) is 2.25. The molecule has 1 aromatic carbocycles. The Morgan fingerprint density at radius 1 is 1.41 bits per heavy atom. The second-order valence-corrected chi connectivity index (χ2v) is 3.64. The van der Waals surface area contributed by atoms with E-state index in [2.05, 4.69) is 15.3 Å². The van der Waals surface area contributed by atoms with Crippen LogP contribution < -0.4 is 5.32 Å². The van der Waals surface area contributed by atoms with Gasteiger partial charge in [-0.2, -0.15) is 0 Å². The van der Waals surface area contributed by atoms with Gasteiger partial charge < -0.3 is 15.4 Å². The third-order valence-electron chi connectivity index (χ3n) is 2.32. The van der Waals surface area contributed by atoms with E-state index in [1.165, 1.54) is 6.92 Å². The van der Waals surface area contributed by atoms with E-state index in [4.69, 9.17) is 5.11 Å². The quantitative estimate of drug-likeness (QED) is 0.729. The zero-order valence-corrected chi connectivity index (χ0v) is 9.10.